The Bertz CT molecular complexity index is 229. The lowest BCUT2D eigenvalue weighted by Gasteiger charge is -2.00. The van der Waals surface area contributed by atoms with Gasteiger partial charge < -0.3 is 10.7 Å². The molecule has 0 aliphatic carbocycles. The van der Waals surface area contributed by atoms with Crippen LogP contribution in [0.25, 0.3) is 0 Å². The lowest BCUT2D eigenvalue weighted by atomic mass is 10.2. The number of aromatic nitrogens is 1. The molecule has 1 heterocycles. The van der Waals surface area contributed by atoms with Crippen LogP contribution in [-0.4, -0.2) is 4.98 Å². The van der Waals surface area contributed by atoms with Crippen molar-refractivity contribution in [3.63, 3.8) is 0 Å². The Hall–Kier alpha value is -0.540. The molecule has 0 unspecified atom stereocenters. The van der Waals surface area contributed by atoms with Crippen molar-refractivity contribution in [1.29, 1.82) is 0 Å². The third kappa shape index (κ3) is 1.49. The van der Waals surface area contributed by atoms with E-state index in [0.29, 0.717) is 0 Å². The molecule has 1 atom stereocenters. The van der Waals surface area contributed by atoms with Crippen molar-refractivity contribution >= 4 is 15.9 Å². The normalized spacial score (nSPS) is 13.0. The zero-order valence-corrected chi connectivity index (χ0v) is 7.06. The number of aromatic amines is 1. The minimum absolute atomic E-state index is 0.0914. The first-order valence-corrected chi connectivity index (χ1v) is 3.75. The first-order valence-electron chi connectivity index (χ1n) is 2.96. The highest BCUT2D eigenvalue weighted by molar-refractivity contribution is 9.10. The second-order valence-electron chi connectivity index (χ2n) is 2.03. The molecular formula is C7H9BrN2. The van der Waals surface area contributed by atoms with E-state index in [9.17, 15) is 0 Å². The number of nitrogens with two attached hydrogens (primary N) is 1. The fourth-order valence-electron chi connectivity index (χ4n) is 0.704. The zero-order valence-electron chi connectivity index (χ0n) is 5.47. The van der Waals surface area contributed by atoms with Gasteiger partial charge in [0.2, 0.25) is 0 Å². The Morgan fingerprint density at radius 2 is 2.50 bits per heavy atom. The van der Waals surface area contributed by atoms with E-state index in [1.54, 1.807) is 6.08 Å². The number of nitrogens with one attached hydrogen (secondary N) is 1. The average Bonchev–Trinajstić information content (AvgIpc) is 2.34. The maximum absolute atomic E-state index is 5.64. The van der Waals surface area contributed by atoms with Crippen LogP contribution in [-0.2, 0) is 0 Å². The van der Waals surface area contributed by atoms with E-state index in [0.717, 1.165) is 10.2 Å². The van der Waals surface area contributed by atoms with Gasteiger partial charge in [-0.1, -0.05) is 6.08 Å². The number of hydrogen-bond donors (Lipinski definition) is 2. The van der Waals surface area contributed by atoms with Crippen LogP contribution in [0.3, 0.4) is 0 Å². The molecular weight excluding hydrogens is 192 g/mol. The summed E-state index contributed by atoms with van der Waals surface area (Å²) in [7, 11) is 0. The van der Waals surface area contributed by atoms with Gasteiger partial charge in [-0.3, -0.25) is 0 Å². The van der Waals surface area contributed by atoms with Crippen molar-refractivity contribution in [2.45, 2.75) is 6.04 Å². The van der Waals surface area contributed by atoms with Gasteiger partial charge in [-0.25, -0.2) is 0 Å². The fourth-order valence-corrected chi connectivity index (χ4v) is 1.06. The smallest absolute Gasteiger partial charge is 0.0631 e. The van der Waals surface area contributed by atoms with Crippen molar-refractivity contribution in [1.82, 2.24) is 4.98 Å². The molecule has 54 valence electrons. The summed E-state index contributed by atoms with van der Waals surface area (Å²) in [6.07, 6.45) is 3.54. The second kappa shape index (κ2) is 3.03. The van der Waals surface area contributed by atoms with Crippen molar-refractivity contribution in [2.75, 3.05) is 0 Å². The van der Waals surface area contributed by atoms with Gasteiger partial charge in [0.1, 0.15) is 0 Å². The molecule has 0 spiro atoms. The lowest BCUT2D eigenvalue weighted by Crippen LogP contribution is -2.06. The molecule has 0 aliphatic rings. The largest absolute Gasteiger partial charge is 0.362 e. The van der Waals surface area contributed by atoms with Crippen molar-refractivity contribution < 1.29 is 0 Å². The maximum Gasteiger partial charge on any atom is 0.0631 e. The monoisotopic (exact) mass is 200 g/mol. The first kappa shape index (κ1) is 7.57. The van der Waals surface area contributed by atoms with Crippen molar-refractivity contribution in [2.24, 2.45) is 5.73 Å². The fraction of sp³-hybridized carbons (Fsp3) is 0.143. The quantitative estimate of drug-likeness (QED) is 0.705. The van der Waals surface area contributed by atoms with Gasteiger partial charge in [0.15, 0.2) is 0 Å². The highest BCUT2D eigenvalue weighted by Crippen LogP contribution is 2.15. The van der Waals surface area contributed by atoms with Crippen LogP contribution in [0.1, 0.15) is 11.7 Å². The summed E-state index contributed by atoms with van der Waals surface area (Å²) < 4.78 is 1.01. The summed E-state index contributed by atoms with van der Waals surface area (Å²) >= 11 is 3.31. The van der Waals surface area contributed by atoms with Gasteiger partial charge >= 0.3 is 0 Å². The molecule has 0 amide bonds. The highest BCUT2D eigenvalue weighted by atomic mass is 79.9. The minimum atomic E-state index is -0.0914. The molecule has 0 saturated carbocycles. The minimum Gasteiger partial charge on any atom is -0.362 e. The van der Waals surface area contributed by atoms with Gasteiger partial charge in [0, 0.05) is 16.4 Å². The Kier molecular flexibility index (Phi) is 2.29. The van der Waals surface area contributed by atoms with E-state index >= 15 is 0 Å². The summed E-state index contributed by atoms with van der Waals surface area (Å²) in [5.74, 6) is 0. The van der Waals surface area contributed by atoms with Crippen LogP contribution in [0.2, 0.25) is 0 Å². The molecule has 3 N–H and O–H groups in total. The van der Waals surface area contributed by atoms with Crippen LogP contribution < -0.4 is 5.73 Å². The van der Waals surface area contributed by atoms with Crippen molar-refractivity contribution in [3.8, 4) is 0 Å². The Labute approximate surface area is 68.3 Å². The van der Waals surface area contributed by atoms with E-state index in [2.05, 4.69) is 27.5 Å². The maximum atomic E-state index is 5.64. The molecule has 3 heteroatoms. The second-order valence-corrected chi connectivity index (χ2v) is 2.95. The van der Waals surface area contributed by atoms with Gasteiger partial charge in [-0.15, -0.1) is 6.58 Å². The van der Waals surface area contributed by atoms with Crippen LogP contribution in [0.15, 0.2) is 29.4 Å². The molecule has 1 aromatic rings. The Morgan fingerprint density at radius 3 is 2.90 bits per heavy atom. The number of rotatable bonds is 2. The molecule has 0 fully saturated rings. The van der Waals surface area contributed by atoms with E-state index in [-0.39, 0.29) is 6.04 Å². The number of halogens is 1. The predicted molar refractivity (Wildman–Crippen MR) is 45.6 cm³/mol. The van der Waals surface area contributed by atoms with E-state index in [4.69, 9.17) is 5.73 Å². The summed E-state index contributed by atoms with van der Waals surface area (Å²) in [6.45, 7) is 3.59. The van der Waals surface area contributed by atoms with Gasteiger partial charge in [-0.2, -0.15) is 0 Å². The topological polar surface area (TPSA) is 41.8 Å². The van der Waals surface area contributed by atoms with E-state index in [1.807, 2.05) is 12.3 Å². The third-order valence-corrected chi connectivity index (χ3v) is 1.74. The van der Waals surface area contributed by atoms with Crippen LogP contribution in [0.5, 0.6) is 0 Å². The Morgan fingerprint density at radius 1 is 1.80 bits per heavy atom. The molecule has 1 aromatic heterocycles. The summed E-state index contributed by atoms with van der Waals surface area (Å²) in [6, 6.07) is 1.85. The van der Waals surface area contributed by atoms with Crippen LogP contribution in [0.4, 0.5) is 0 Å². The van der Waals surface area contributed by atoms with Gasteiger partial charge in [0.25, 0.3) is 0 Å². The standard InChI is InChI=1S/C7H9BrN2/c1-2-6(9)7-3-5(8)4-10-7/h2-4,6,10H,1,9H2/t6-/m1/s1. The molecule has 0 aliphatic heterocycles. The van der Waals surface area contributed by atoms with Crippen molar-refractivity contribution in [3.05, 3.63) is 35.1 Å². The molecule has 1 rings (SSSR count). The van der Waals surface area contributed by atoms with Gasteiger partial charge in [-0.05, 0) is 22.0 Å². The molecule has 0 aromatic carbocycles. The molecule has 0 saturated heterocycles. The SMILES string of the molecule is C=C[C@@H](N)c1cc(Br)c[nH]1. The van der Waals surface area contributed by atoms with E-state index < -0.39 is 0 Å². The number of H-pyrrole nitrogens is 1. The van der Waals surface area contributed by atoms with Gasteiger partial charge in [0.05, 0.1) is 6.04 Å². The van der Waals surface area contributed by atoms with Crippen LogP contribution in [0, 0.1) is 0 Å². The Balaban J connectivity index is 2.84. The third-order valence-electron chi connectivity index (χ3n) is 1.28. The first-order chi connectivity index (χ1) is 4.74. The van der Waals surface area contributed by atoms with Crippen LogP contribution >= 0.6 is 15.9 Å². The summed E-state index contributed by atoms with van der Waals surface area (Å²) in [5.41, 5.74) is 6.61. The summed E-state index contributed by atoms with van der Waals surface area (Å²) in [5, 5.41) is 0. The molecule has 2 nitrogen and oxygen atoms in total. The highest BCUT2D eigenvalue weighted by Gasteiger charge is 2.01. The predicted octanol–water partition coefficient (Wildman–Crippen LogP) is 1.96. The zero-order chi connectivity index (χ0) is 7.56. The number of hydrogen-bond acceptors (Lipinski definition) is 1. The summed E-state index contributed by atoms with van der Waals surface area (Å²) in [4.78, 5) is 3.01. The molecule has 10 heavy (non-hydrogen) atoms. The lowest BCUT2D eigenvalue weighted by molar-refractivity contribution is 0.876. The average molecular weight is 201 g/mol. The van der Waals surface area contributed by atoms with E-state index in [1.165, 1.54) is 0 Å². The molecule has 0 bridgehead atoms. The molecule has 0 radical (unpaired) electrons.